The van der Waals surface area contributed by atoms with E-state index in [1.54, 1.807) is 6.33 Å². The molecule has 0 saturated heterocycles. The number of rotatable bonds is 3. The molecule has 0 fully saturated rings. The van der Waals surface area contributed by atoms with Crippen LogP contribution in [0, 0.1) is 5.41 Å². The predicted octanol–water partition coefficient (Wildman–Crippen LogP) is 0.578. The van der Waals surface area contributed by atoms with Crippen LogP contribution in [0.1, 0.15) is 17.0 Å². The molecule has 0 radical (unpaired) electrons. The molecule has 6 nitrogen and oxygen atoms in total. The van der Waals surface area contributed by atoms with Gasteiger partial charge >= 0.3 is 0 Å². The quantitative estimate of drug-likeness (QED) is 0.621. The molecular formula is C13H16N6. The summed E-state index contributed by atoms with van der Waals surface area (Å²) in [5, 5.41) is 15.4. The molecule has 0 unspecified atom stereocenters. The predicted molar refractivity (Wildman–Crippen MR) is 71.6 cm³/mol. The van der Waals surface area contributed by atoms with E-state index in [0.717, 1.165) is 37.6 Å². The van der Waals surface area contributed by atoms with Gasteiger partial charge < -0.3 is 10.3 Å². The van der Waals surface area contributed by atoms with Gasteiger partial charge in [-0.05, 0) is 5.56 Å². The van der Waals surface area contributed by atoms with Crippen molar-refractivity contribution in [2.75, 3.05) is 6.54 Å². The minimum absolute atomic E-state index is 0.109. The molecule has 19 heavy (non-hydrogen) atoms. The van der Waals surface area contributed by atoms with Crippen molar-refractivity contribution in [2.24, 2.45) is 5.73 Å². The van der Waals surface area contributed by atoms with E-state index in [1.165, 1.54) is 5.56 Å². The Morgan fingerprint density at radius 2 is 2.05 bits per heavy atom. The van der Waals surface area contributed by atoms with Gasteiger partial charge in [-0.15, -0.1) is 10.2 Å². The smallest absolute Gasteiger partial charge is 0.147 e. The van der Waals surface area contributed by atoms with Gasteiger partial charge in [-0.2, -0.15) is 0 Å². The van der Waals surface area contributed by atoms with Crippen LogP contribution in [0.15, 0.2) is 30.6 Å². The molecular weight excluding hydrogens is 240 g/mol. The van der Waals surface area contributed by atoms with Gasteiger partial charge in [0.05, 0.1) is 6.54 Å². The highest BCUT2D eigenvalue weighted by Gasteiger charge is 2.17. The molecule has 98 valence electrons. The molecule has 1 aromatic heterocycles. The summed E-state index contributed by atoms with van der Waals surface area (Å²) in [6.07, 6.45) is 1.79. The fraction of sp³-hybridized carbons (Fsp3) is 0.308. The van der Waals surface area contributed by atoms with Crippen molar-refractivity contribution in [3.05, 3.63) is 47.5 Å². The number of amidine groups is 1. The summed E-state index contributed by atoms with van der Waals surface area (Å²) in [5.74, 6) is 1.13. The van der Waals surface area contributed by atoms with Gasteiger partial charge in [0, 0.05) is 25.2 Å². The van der Waals surface area contributed by atoms with Crippen LogP contribution in [0.3, 0.4) is 0 Å². The van der Waals surface area contributed by atoms with Gasteiger partial charge in [0.2, 0.25) is 0 Å². The maximum absolute atomic E-state index is 7.37. The zero-order valence-corrected chi connectivity index (χ0v) is 10.6. The third kappa shape index (κ3) is 2.48. The average molecular weight is 256 g/mol. The Hall–Kier alpha value is -2.21. The third-order valence-corrected chi connectivity index (χ3v) is 3.39. The molecule has 1 aromatic carbocycles. The van der Waals surface area contributed by atoms with Crippen LogP contribution in [0.25, 0.3) is 0 Å². The Balaban J connectivity index is 1.68. The number of nitrogens with two attached hydrogens (primary N) is 1. The first kappa shape index (κ1) is 11.9. The van der Waals surface area contributed by atoms with Crippen molar-refractivity contribution < 1.29 is 0 Å². The summed E-state index contributed by atoms with van der Waals surface area (Å²) >= 11 is 0. The number of nitrogen functional groups attached to an aromatic ring is 1. The summed E-state index contributed by atoms with van der Waals surface area (Å²) in [6, 6.07) is 7.83. The van der Waals surface area contributed by atoms with Crippen LogP contribution >= 0.6 is 0 Å². The second-order valence-electron chi connectivity index (χ2n) is 4.76. The summed E-state index contributed by atoms with van der Waals surface area (Å²) in [7, 11) is 0. The van der Waals surface area contributed by atoms with E-state index in [4.69, 9.17) is 11.1 Å². The lowest BCUT2D eigenvalue weighted by Gasteiger charge is -2.26. The largest absolute Gasteiger partial charge is 0.384 e. The van der Waals surface area contributed by atoms with Gasteiger partial charge in [0.15, 0.2) is 0 Å². The van der Waals surface area contributed by atoms with E-state index >= 15 is 0 Å². The first-order valence-corrected chi connectivity index (χ1v) is 6.25. The summed E-state index contributed by atoms with van der Waals surface area (Å²) < 4.78 is 2.09. The van der Waals surface area contributed by atoms with E-state index in [1.807, 2.05) is 24.3 Å². The minimum atomic E-state index is 0.109. The van der Waals surface area contributed by atoms with Crippen LogP contribution in [0.4, 0.5) is 0 Å². The molecule has 3 N–H and O–H groups in total. The average Bonchev–Trinajstić information content (AvgIpc) is 2.87. The van der Waals surface area contributed by atoms with Crippen molar-refractivity contribution in [1.82, 2.24) is 19.7 Å². The van der Waals surface area contributed by atoms with Gasteiger partial charge in [0.25, 0.3) is 0 Å². The maximum Gasteiger partial charge on any atom is 0.147 e. The molecule has 0 spiro atoms. The highest BCUT2D eigenvalue weighted by molar-refractivity contribution is 5.94. The molecule has 1 aliphatic heterocycles. The van der Waals surface area contributed by atoms with Crippen LogP contribution in [-0.4, -0.2) is 32.0 Å². The van der Waals surface area contributed by atoms with Crippen LogP contribution in [0.5, 0.6) is 0 Å². The van der Waals surface area contributed by atoms with Crippen molar-refractivity contribution in [2.45, 2.75) is 19.6 Å². The summed E-state index contributed by atoms with van der Waals surface area (Å²) in [5.41, 5.74) is 7.43. The number of nitrogens with one attached hydrogen (secondary N) is 1. The van der Waals surface area contributed by atoms with E-state index in [-0.39, 0.29) is 5.84 Å². The number of nitrogens with zero attached hydrogens (tertiary/aromatic N) is 4. The minimum Gasteiger partial charge on any atom is -0.384 e. The van der Waals surface area contributed by atoms with Crippen molar-refractivity contribution >= 4 is 5.84 Å². The second-order valence-corrected chi connectivity index (χ2v) is 4.76. The Labute approximate surface area is 111 Å². The van der Waals surface area contributed by atoms with Gasteiger partial charge in [0.1, 0.15) is 18.0 Å². The molecule has 0 aliphatic carbocycles. The topological polar surface area (TPSA) is 83.8 Å². The zero-order chi connectivity index (χ0) is 13.2. The lowest BCUT2D eigenvalue weighted by Crippen LogP contribution is -2.33. The molecule has 6 heteroatoms. The second kappa shape index (κ2) is 4.81. The van der Waals surface area contributed by atoms with Crippen molar-refractivity contribution in [1.29, 1.82) is 5.41 Å². The van der Waals surface area contributed by atoms with E-state index in [0.29, 0.717) is 0 Å². The highest BCUT2D eigenvalue weighted by atomic mass is 15.3. The Morgan fingerprint density at radius 1 is 1.26 bits per heavy atom. The molecule has 0 bridgehead atoms. The first-order valence-electron chi connectivity index (χ1n) is 6.25. The van der Waals surface area contributed by atoms with Gasteiger partial charge in [-0.3, -0.25) is 10.3 Å². The summed E-state index contributed by atoms with van der Waals surface area (Å²) in [4.78, 5) is 2.34. The summed E-state index contributed by atoms with van der Waals surface area (Å²) in [6.45, 7) is 3.65. The molecule has 1 aliphatic rings. The number of hydrogen-bond donors (Lipinski definition) is 2. The molecule has 0 atom stereocenters. The van der Waals surface area contributed by atoms with Gasteiger partial charge in [-0.25, -0.2) is 0 Å². The van der Waals surface area contributed by atoms with Crippen LogP contribution in [-0.2, 0) is 19.6 Å². The molecule has 0 saturated carbocycles. The standard InChI is InChI=1S/C13H16N6/c14-13(15)11-3-1-10(2-4-11)7-18-5-6-19-9-16-17-12(19)8-18/h1-4,9H,5-8H2,(H3,14,15). The lowest BCUT2D eigenvalue weighted by atomic mass is 10.1. The monoisotopic (exact) mass is 256 g/mol. The first-order chi connectivity index (χ1) is 9.22. The SMILES string of the molecule is N=C(N)c1ccc(CN2CCn3cnnc3C2)cc1. The fourth-order valence-electron chi connectivity index (χ4n) is 2.30. The van der Waals surface area contributed by atoms with Crippen LogP contribution in [0.2, 0.25) is 0 Å². The molecule has 2 heterocycles. The van der Waals surface area contributed by atoms with Gasteiger partial charge in [-0.1, -0.05) is 24.3 Å². The van der Waals surface area contributed by atoms with Crippen LogP contribution < -0.4 is 5.73 Å². The number of aromatic nitrogens is 3. The zero-order valence-electron chi connectivity index (χ0n) is 10.6. The van der Waals surface area contributed by atoms with Crippen molar-refractivity contribution in [3.63, 3.8) is 0 Å². The maximum atomic E-state index is 7.37. The lowest BCUT2D eigenvalue weighted by molar-refractivity contribution is 0.209. The molecule has 0 amide bonds. The van der Waals surface area contributed by atoms with E-state index in [9.17, 15) is 0 Å². The Bertz CT molecular complexity index is 585. The van der Waals surface area contributed by atoms with E-state index in [2.05, 4.69) is 19.7 Å². The van der Waals surface area contributed by atoms with E-state index < -0.39 is 0 Å². The fourth-order valence-corrected chi connectivity index (χ4v) is 2.30. The van der Waals surface area contributed by atoms with Crippen molar-refractivity contribution in [3.8, 4) is 0 Å². The molecule has 2 aromatic rings. The molecule has 3 rings (SSSR count). The number of benzene rings is 1. The Kier molecular flexibility index (Phi) is 3.00. The Morgan fingerprint density at radius 3 is 2.79 bits per heavy atom. The third-order valence-electron chi connectivity index (χ3n) is 3.39. The normalized spacial score (nSPS) is 15.2. The number of fused-ring (bicyclic) bond motifs is 1. The number of hydrogen-bond acceptors (Lipinski definition) is 4. The highest BCUT2D eigenvalue weighted by Crippen LogP contribution is 2.13.